The van der Waals surface area contributed by atoms with E-state index in [0.717, 1.165) is 15.9 Å². The molecule has 0 radical (unpaired) electrons. The maximum absolute atomic E-state index is 12.0. The summed E-state index contributed by atoms with van der Waals surface area (Å²) in [5.41, 5.74) is 1.76. The molecule has 0 aliphatic carbocycles. The molecule has 0 saturated carbocycles. The van der Waals surface area contributed by atoms with Crippen molar-refractivity contribution in [2.24, 2.45) is 0 Å². The van der Waals surface area contributed by atoms with Gasteiger partial charge in [-0.15, -0.1) is 0 Å². The molecule has 0 spiro atoms. The van der Waals surface area contributed by atoms with E-state index in [2.05, 4.69) is 26.3 Å². The van der Waals surface area contributed by atoms with Crippen molar-refractivity contribution < 1.29 is 13.2 Å². The third-order valence-corrected chi connectivity index (χ3v) is 3.57. The molecule has 17 heavy (non-hydrogen) atoms. The Hall–Kier alpha value is -0.560. The molecule has 0 aliphatic heterocycles. The van der Waals surface area contributed by atoms with Gasteiger partial charge in [0, 0.05) is 6.54 Å². The van der Waals surface area contributed by atoms with Gasteiger partial charge in [0.2, 0.25) is 0 Å². The second-order valence-electron chi connectivity index (χ2n) is 4.02. The minimum Gasteiger partial charge on any atom is -0.307 e. The molecule has 1 rings (SSSR count). The van der Waals surface area contributed by atoms with Crippen LogP contribution in [0.3, 0.4) is 0 Å². The molecule has 0 fully saturated rings. The quantitative estimate of drug-likeness (QED) is 0.926. The zero-order chi connectivity index (χ0) is 13.2. The van der Waals surface area contributed by atoms with Gasteiger partial charge in [0.1, 0.15) is 0 Å². The molecular formula is C10H15BrF3N3. The Bertz CT molecular complexity index is 387. The molecule has 1 aromatic heterocycles. The van der Waals surface area contributed by atoms with Crippen LogP contribution in [0.25, 0.3) is 0 Å². The second-order valence-corrected chi connectivity index (χ2v) is 4.82. The van der Waals surface area contributed by atoms with Gasteiger partial charge in [-0.1, -0.05) is 0 Å². The van der Waals surface area contributed by atoms with E-state index in [4.69, 9.17) is 0 Å². The van der Waals surface area contributed by atoms with Crippen molar-refractivity contribution in [1.29, 1.82) is 0 Å². The summed E-state index contributed by atoms with van der Waals surface area (Å²) in [4.78, 5) is 0. The van der Waals surface area contributed by atoms with Crippen molar-refractivity contribution in [3.8, 4) is 0 Å². The summed E-state index contributed by atoms with van der Waals surface area (Å²) in [7, 11) is 0. The van der Waals surface area contributed by atoms with Crippen LogP contribution in [0.15, 0.2) is 4.47 Å². The van der Waals surface area contributed by atoms with Crippen molar-refractivity contribution in [2.45, 2.75) is 33.0 Å². The molecule has 0 saturated heterocycles. The van der Waals surface area contributed by atoms with Crippen LogP contribution >= 0.6 is 15.9 Å². The second kappa shape index (κ2) is 5.39. The lowest BCUT2D eigenvalue weighted by molar-refractivity contribution is -0.125. The van der Waals surface area contributed by atoms with Crippen LogP contribution < -0.4 is 5.32 Å². The molecule has 0 bridgehead atoms. The molecule has 0 aliphatic rings. The van der Waals surface area contributed by atoms with Gasteiger partial charge in [-0.3, -0.25) is 4.68 Å². The first-order valence-electron chi connectivity index (χ1n) is 5.21. The van der Waals surface area contributed by atoms with Crippen molar-refractivity contribution >= 4 is 15.9 Å². The lowest BCUT2D eigenvalue weighted by Crippen LogP contribution is -2.33. The Morgan fingerprint density at radius 3 is 2.41 bits per heavy atom. The number of aromatic nitrogens is 2. The molecular weight excluding hydrogens is 299 g/mol. The minimum atomic E-state index is -4.17. The average Bonchev–Trinajstić information content (AvgIpc) is 2.44. The molecule has 98 valence electrons. The van der Waals surface area contributed by atoms with E-state index in [-0.39, 0.29) is 12.6 Å². The van der Waals surface area contributed by atoms with E-state index >= 15 is 0 Å². The van der Waals surface area contributed by atoms with Gasteiger partial charge in [0.15, 0.2) is 0 Å². The first-order valence-corrected chi connectivity index (χ1v) is 6.00. The number of halogens is 4. The summed E-state index contributed by atoms with van der Waals surface area (Å²) in [6.07, 6.45) is -4.17. The topological polar surface area (TPSA) is 29.9 Å². The van der Waals surface area contributed by atoms with E-state index in [1.54, 1.807) is 4.68 Å². The van der Waals surface area contributed by atoms with Crippen LogP contribution in [0.1, 0.15) is 24.4 Å². The number of alkyl halides is 3. The molecule has 0 amide bonds. The number of nitrogens with zero attached hydrogens (tertiary/aromatic N) is 2. The SMILES string of the molecule is Cc1nn(C(C)CNCC(F)(F)F)c(C)c1Br. The standard InChI is InChI=1S/C10H15BrF3N3/c1-6(4-15-5-10(12,13)14)17-8(3)9(11)7(2)16-17/h6,15H,4-5H2,1-3H3. The lowest BCUT2D eigenvalue weighted by Gasteiger charge is -2.16. The van der Waals surface area contributed by atoms with Crippen LogP contribution in [0, 0.1) is 13.8 Å². The van der Waals surface area contributed by atoms with Crippen LogP contribution in [0.5, 0.6) is 0 Å². The van der Waals surface area contributed by atoms with E-state index in [9.17, 15) is 13.2 Å². The maximum Gasteiger partial charge on any atom is 0.401 e. The summed E-state index contributed by atoms with van der Waals surface area (Å²) in [5, 5.41) is 6.65. The fourth-order valence-electron chi connectivity index (χ4n) is 1.58. The Balaban J connectivity index is 2.58. The first-order chi connectivity index (χ1) is 7.72. The summed E-state index contributed by atoms with van der Waals surface area (Å²) < 4.78 is 38.5. The average molecular weight is 314 g/mol. The first kappa shape index (κ1) is 14.5. The zero-order valence-electron chi connectivity index (χ0n) is 9.90. The maximum atomic E-state index is 12.0. The van der Waals surface area contributed by atoms with Crippen LogP contribution in [-0.4, -0.2) is 29.0 Å². The molecule has 1 atom stereocenters. The summed E-state index contributed by atoms with van der Waals surface area (Å²) >= 11 is 3.38. The van der Waals surface area contributed by atoms with Crippen molar-refractivity contribution in [3.63, 3.8) is 0 Å². The van der Waals surface area contributed by atoms with Gasteiger partial charge in [-0.2, -0.15) is 18.3 Å². The van der Waals surface area contributed by atoms with Gasteiger partial charge in [-0.25, -0.2) is 0 Å². The predicted octanol–water partition coefficient (Wildman–Crippen LogP) is 2.98. The Labute approximate surface area is 107 Å². The van der Waals surface area contributed by atoms with Gasteiger partial charge < -0.3 is 5.32 Å². The van der Waals surface area contributed by atoms with Crippen molar-refractivity contribution in [2.75, 3.05) is 13.1 Å². The van der Waals surface area contributed by atoms with E-state index in [0.29, 0.717) is 0 Å². The van der Waals surface area contributed by atoms with Crippen LogP contribution in [-0.2, 0) is 0 Å². The van der Waals surface area contributed by atoms with Crippen LogP contribution in [0.2, 0.25) is 0 Å². The van der Waals surface area contributed by atoms with Crippen LogP contribution in [0.4, 0.5) is 13.2 Å². The molecule has 1 aromatic rings. The minimum absolute atomic E-state index is 0.123. The molecule has 1 heterocycles. The highest BCUT2D eigenvalue weighted by atomic mass is 79.9. The highest BCUT2D eigenvalue weighted by Gasteiger charge is 2.26. The summed E-state index contributed by atoms with van der Waals surface area (Å²) in [6.45, 7) is 4.81. The molecule has 1 N–H and O–H groups in total. The normalized spacial score (nSPS) is 14.1. The van der Waals surface area contributed by atoms with E-state index < -0.39 is 12.7 Å². The Morgan fingerprint density at radius 2 is 2.00 bits per heavy atom. The van der Waals surface area contributed by atoms with Gasteiger partial charge in [-0.05, 0) is 36.7 Å². The highest BCUT2D eigenvalue weighted by Crippen LogP contribution is 2.22. The zero-order valence-corrected chi connectivity index (χ0v) is 11.5. The highest BCUT2D eigenvalue weighted by molar-refractivity contribution is 9.10. The van der Waals surface area contributed by atoms with Gasteiger partial charge in [0.25, 0.3) is 0 Å². The fraction of sp³-hybridized carbons (Fsp3) is 0.700. The number of nitrogens with one attached hydrogen (secondary N) is 1. The molecule has 7 heteroatoms. The molecule has 3 nitrogen and oxygen atoms in total. The number of hydrogen-bond donors (Lipinski definition) is 1. The third kappa shape index (κ3) is 3.99. The molecule has 0 aromatic carbocycles. The predicted molar refractivity (Wildman–Crippen MR) is 63.0 cm³/mol. The summed E-state index contributed by atoms with van der Waals surface area (Å²) in [6, 6.07) is -0.123. The van der Waals surface area contributed by atoms with Gasteiger partial charge >= 0.3 is 6.18 Å². The largest absolute Gasteiger partial charge is 0.401 e. The fourth-order valence-corrected chi connectivity index (χ4v) is 1.84. The number of hydrogen-bond acceptors (Lipinski definition) is 2. The lowest BCUT2D eigenvalue weighted by atomic mass is 10.3. The summed E-state index contributed by atoms with van der Waals surface area (Å²) in [5.74, 6) is 0. The third-order valence-electron chi connectivity index (χ3n) is 2.42. The monoisotopic (exact) mass is 313 g/mol. The van der Waals surface area contributed by atoms with E-state index in [1.807, 2.05) is 20.8 Å². The van der Waals surface area contributed by atoms with Crippen molar-refractivity contribution in [3.05, 3.63) is 15.9 Å². The number of aryl methyl sites for hydroxylation is 1. The van der Waals surface area contributed by atoms with Crippen molar-refractivity contribution in [1.82, 2.24) is 15.1 Å². The Morgan fingerprint density at radius 1 is 1.41 bits per heavy atom. The smallest absolute Gasteiger partial charge is 0.307 e. The molecule has 1 unspecified atom stereocenters. The van der Waals surface area contributed by atoms with E-state index in [1.165, 1.54) is 0 Å². The Kier molecular flexibility index (Phi) is 4.60. The number of rotatable bonds is 4. The van der Waals surface area contributed by atoms with Gasteiger partial charge in [0.05, 0.1) is 28.4 Å².